The summed E-state index contributed by atoms with van der Waals surface area (Å²) in [5.74, 6) is -0.525. The summed E-state index contributed by atoms with van der Waals surface area (Å²) in [6.45, 7) is 6.72. The molecule has 0 bridgehead atoms. The Labute approximate surface area is 310 Å². The smallest absolute Gasteiger partial charge is 0.416 e. The lowest BCUT2D eigenvalue weighted by Gasteiger charge is -2.41. The van der Waals surface area contributed by atoms with Gasteiger partial charge in [0, 0.05) is 74.9 Å². The minimum Gasteiger partial charge on any atom is -0.493 e. The Morgan fingerprint density at radius 3 is 1.75 bits per heavy atom. The number of carbonyl (C=O) groups is 3. The molecule has 3 aliphatic rings. The van der Waals surface area contributed by atoms with Gasteiger partial charge >= 0.3 is 6.18 Å². The molecule has 0 aromatic heterocycles. The van der Waals surface area contributed by atoms with Gasteiger partial charge < -0.3 is 19.4 Å². The fourth-order valence-corrected chi connectivity index (χ4v) is 7.40. The minimum atomic E-state index is -4.63. The quantitative estimate of drug-likeness (QED) is 0.331. The summed E-state index contributed by atoms with van der Waals surface area (Å²) in [5, 5.41) is 8.11. The van der Waals surface area contributed by atoms with Crippen molar-refractivity contribution in [3.05, 3.63) is 99.0 Å². The van der Waals surface area contributed by atoms with Crippen molar-refractivity contribution in [2.45, 2.75) is 37.8 Å². The minimum absolute atomic E-state index is 0.0134. The van der Waals surface area contributed by atoms with Crippen molar-refractivity contribution < 1.29 is 32.3 Å². The van der Waals surface area contributed by atoms with Gasteiger partial charge in [0.2, 0.25) is 11.8 Å². The predicted octanol–water partition coefficient (Wildman–Crippen LogP) is 5.07. The van der Waals surface area contributed by atoms with Crippen LogP contribution in [0, 0.1) is 0 Å². The molecule has 3 aromatic carbocycles. The Morgan fingerprint density at radius 1 is 0.769 bits per heavy atom. The lowest BCUT2D eigenvalue weighted by molar-refractivity contribution is -0.143. The van der Waals surface area contributed by atoms with Crippen LogP contribution in [0.2, 0.25) is 10.0 Å². The van der Waals surface area contributed by atoms with Crippen LogP contribution in [0.25, 0.3) is 0 Å². The molecular formula is C37H41Cl2F3N6O4. The topological polar surface area (TPSA) is 97.5 Å². The molecule has 2 N–H and O–H groups in total. The number of rotatable bonds is 8. The van der Waals surface area contributed by atoms with E-state index in [1.54, 1.807) is 45.9 Å². The molecule has 6 rings (SSSR count). The fraction of sp³-hybridized carbons (Fsp3) is 0.432. The molecule has 10 nitrogen and oxygen atoms in total. The van der Waals surface area contributed by atoms with Crippen molar-refractivity contribution in [1.29, 1.82) is 0 Å². The molecule has 52 heavy (non-hydrogen) atoms. The second-order valence-corrected chi connectivity index (χ2v) is 14.1. The summed E-state index contributed by atoms with van der Waals surface area (Å²) < 4.78 is 47.7. The summed E-state index contributed by atoms with van der Waals surface area (Å²) in [6.07, 6.45) is -4.63. The van der Waals surface area contributed by atoms with E-state index in [-0.39, 0.29) is 49.4 Å². The number of nitrogens with zero attached hydrogens (tertiary/aromatic N) is 4. The standard InChI is InChI=1S/C37H41Cl2F3N6O4/c1-3-52-31-22-27(37(40,41)42)8-13-30(31)36(43-33(25-4-9-28(38)10-5-25)34(44-36)26-6-11-29(39)12-7-26)35(51)48-16-14-45(15-17-48)23-32(50)47-20-18-46(19-21-47)24(2)49/h4-13,22,33-34,43-44H,3,14-21,23H2,1-2H3. The molecule has 3 saturated heterocycles. The van der Waals surface area contributed by atoms with Crippen LogP contribution < -0.4 is 15.4 Å². The molecule has 3 aliphatic heterocycles. The van der Waals surface area contributed by atoms with Gasteiger partial charge in [0.25, 0.3) is 5.91 Å². The van der Waals surface area contributed by atoms with Crippen LogP contribution >= 0.6 is 23.2 Å². The zero-order chi connectivity index (χ0) is 37.2. The molecule has 278 valence electrons. The first-order valence-corrected chi connectivity index (χ1v) is 18.0. The van der Waals surface area contributed by atoms with E-state index in [2.05, 4.69) is 10.6 Å². The monoisotopic (exact) mass is 760 g/mol. The number of hydrogen-bond donors (Lipinski definition) is 2. The number of carbonyl (C=O) groups excluding carboxylic acids is 3. The van der Waals surface area contributed by atoms with Gasteiger partial charge in [-0.2, -0.15) is 13.2 Å². The number of ether oxygens (including phenoxy) is 1. The van der Waals surface area contributed by atoms with Gasteiger partial charge in [-0.1, -0.05) is 53.5 Å². The highest BCUT2D eigenvalue weighted by molar-refractivity contribution is 6.30. The molecule has 3 aromatic rings. The van der Waals surface area contributed by atoms with Crippen LogP contribution in [0.1, 0.15) is 48.2 Å². The third kappa shape index (κ3) is 8.03. The lowest BCUT2D eigenvalue weighted by atomic mass is 9.94. The molecule has 3 amide bonds. The second-order valence-electron chi connectivity index (χ2n) is 13.2. The molecule has 0 saturated carbocycles. The average molecular weight is 762 g/mol. The fourth-order valence-electron chi connectivity index (χ4n) is 7.15. The van der Waals surface area contributed by atoms with Crippen molar-refractivity contribution >= 4 is 40.9 Å². The maximum atomic E-state index is 15.0. The SMILES string of the molecule is CCOc1cc(C(F)(F)F)ccc1C1(C(=O)N2CCN(CC(=O)N3CCN(C(C)=O)CC3)CC2)NC(c2ccc(Cl)cc2)C(c2ccc(Cl)cc2)N1. The molecule has 0 aliphatic carbocycles. The summed E-state index contributed by atoms with van der Waals surface area (Å²) in [6, 6.07) is 16.5. The summed E-state index contributed by atoms with van der Waals surface area (Å²) in [7, 11) is 0. The van der Waals surface area contributed by atoms with Gasteiger partial charge in [0.15, 0.2) is 5.66 Å². The molecule has 2 unspecified atom stereocenters. The van der Waals surface area contributed by atoms with Gasteiger partial charge in [-0.3, -0.25) is 29.9 Å². The molecule has 2 atom stereocenters. The van der Waals surface area contributed by atoms with Crippen molar-refractivity contribution in [3.63, 3.8) is 0 Å². The normalized spacial score (nSPS) is 22.8. The maximum Gasteiger partial charge on any atom is 0.416 e. The van der Waals surface area contributed by atoms with Crippen LogP contribution in [-0.2, 0) is 26.2 Å². The van der Waals surface area contributed by atoms with Crippen molar-refractivity contribution in [3.8, 4) is 5.75 Å². The van der Waals surface area contributed by atoms with Crippen LogP contribution in [0.3, 0.4) is 0 Å². The molecule has 15 heteroatoms. The number of benzene rings is 3. The predicted molar refractivity (Wildman–Crippen MR) is 191 cm³/mol. The van der Waals surface area contributed by atoms with E-state index in [0.717, 1.165) is 23.3 Å². The van der Waals surface area contributed by atoms with E-state index in [9.17, 15) is 22.8 Å². The molecular weight excluding hydrogens is 720 g/mol. The first-order chi connectivity index (χ1) is 24.8. The number of alkyl halides is 3. The Morgan fingerprint density at radius 2 is 1.27 bits per heavy atom. The summed E-state index contributed by atoms with van der Waals surface area (Å²) >= 11 is 12.5. The van der Waals surface area contributed by atoms with Crippen LogP contribution in [0.5, 0.6) is 5.75 Å². The Balaban J connectivity index is 1.32. The van der Waals surface area contributed by atoms with E-state index in [1.165, 1.54) is 13.0 Å². The number of hydrogen-bond acceptors (Lipinski definition) is 7. The van der Waals surface area contributed by atoms with E-state index in [1.807, 2.05) is 29.2 Å². The van der Waals surface area contributed by atoms with Gasteiger partial charge in [-0.05, 0) is 54.4 Å². The van der Waals surface area contributed by atoms with Gasteiger partial charge in [0.1, 0.15) is 5.75 Å². The first kappa shape index (κ1) is 37.9. The van der Waals surface area contributed by atoms with E-state index < -0.39 is 35.4 Å². The van der Waals surface area contributed by atoms with Crippen molar-refractivity contribution in [1.82, 2.24) is 30.2 Å². The lowest BCUT2D eigenvalue weighted by Crippen LogP contribution is -2.62. The van der Waals surface area contributed by atoms with Crippen molar-refractivity contribution in [2.75, 3.05) is 65.5 Å². The van der Waals surface area contributed by atoms with Crippen molar-refractivity contribution in [2.24, 2.45) is 0 Å². The third-order valence-corrected chi connectivity index (χ3v) is 10.5. The molecule has 3 fully saturated rings. The summed E-state index contributed by atoms with van der Waals surface area (Å²) in [4.78, 5) is 47.0. The molecule has 0 radical (unpaired) electrons. The molecule has 0 spiro atoms. The second kappa shape index (κ2) is 15.6. The Hall–Kier alpha value is -3.88. The number of nitrogens with one attached hydrogen (secondary N) is 2. The van der Waals surface area contributed by atoms with Gasteiger partial charge in [-0.25, -0.2) is 0 Å². The largest absolute Gasteiger partial charge is 0.493 e. The average Bonchev–Trinajstić information content (AvgIpc) is 3.53. The highest BCUT2D eigenvalue weighted by Gasteiger charge is 2.55. The van der Waals surface area contributed by atoms with Gasteiger partial charge in [-0.15, -0.1) is 0 Å². The Kier molecular flexibility index (Phi) is 11.4. The maximum absolute atomic E-state index is 15.0. The molecule has 3 heterocycles. The summed E-state index contributed by atoms with van der Waals surface area (Å²) in [5.41, 5.74) is -0.819. The van der Waals surface area contributed by atoms with Crippen LogP contribution in [0.15, 0.2) is 66.7 Å². The van der Waals surface area contributed by atoms with E-state index in [4.69, 9.17) is 27.9 Å². The van der Waals surface area contributed by atoms with E-state index >= 15 is 4.79 Å². The number of piperazine rings is 2. The highest BCUT2D eigenvalue weighted by Crippen LogP contribution is 2.46. The first-order valence-electron chi connectivity index (χ1n) is 17.2. The number of halogens is 5. The zero-order valence-electron chi connectivity index (χ0n) is 28.9. The zero-order valence-corrected chi connectivity index (χ0v) is 30.4. The number of amides is 3. The third-order valence-electron chi connectivity index (χ3n) is 9.97. The van der Waals surface area contributed by atoms with Crippen LogP contribution in [0.4, 0.5) is 13.2 Å². The highest BCUT2D eigenvalue weighted by atomic mass is 35.5. The van der Waals surface area contributed by atoms with E-state index in [0.29, 0.717) is 49.3 Å². The van der Waals surface area contributed by atoms with Gasteiger partial charge in [0.05, 0.1) is 30.8 Å². The van der Waals surface area contributed by atoms with Crippen LogP contribution in [-0.4, -0.2) is 103 Å². The Bertz CT molecular complexity index is 1710.